The average molecular weight is 463 g/mol. The Hall–Kier alpha value is -3.46. The van der Waals surface area contributed by atoms with Crippen LogP contribution in [0, 0.1) is 11.6 Å². The molecule has 0 aromatic heterocycles. The van der Waals surface area contributed by atoms with Crippen molar-refractivity contribution in [2.75, 3.05) is 25.1 Å². The predicted molar refractivity (Wildman–Crippen MR) is 118 cm³/mol. The summed E-state index contributed by atoms with van der Waals surface area (Å²) in [6, 6.07) is 9.50. The second-order valence-corrected chi connectivity index (χ2v) is 6.97. The molecule has 2 aromatic rings. The minimum Gasteiger partial charge on any atom is -0.491 e. The van der Waals surface area contributed by atoms with Gasteiger partial charge in [-0.2, -0.15) is 0 Å². The highest BCUT2D eigenvalue weighted by molar-refractivity contribution is 5.87. The Kier molecular flexibility index (Phi) is 10.3. The van der Waals surface area contributed by atoms with Gasteiger partial charge in [0.15, 0.2) is 0 Å². The van der Waals surface area contributed by atoms with Crippen LogP contribution in [-0.4, -0.2) is 37.0 Å². The zero-order valence-corrected chi connectivity index (χ0v) is 18.5. The molecule has 0 aliphatic heterocycles. The molecule has 0 unspecified atom stereocenters. The van der Waals surface area contributed by atoms with Gasteiger partial charge in [0.2, 0.25) is 0 Å². The van der Waals surface area contributed by atoms with E-state index < -0.39 is 29.8 Å². The summed E-state index contributed by atoms with van der Waals surface area (Å²) in [6.07, 6.45) is 0.761. The Morgan fingerprint density at radius 3 is 2.52 bits per heavy atom. The Bertz CT molecular complexity index is 962. The van der Waals surface area contributed by atoms with Gasteiger partial charge in [-0.1, -0.05) is 18.2 Å². The number of halogens is 2. The first-order chi connectivity index (χ1) is 15.8. The molecule has 0 heterocycles. The number of anilines is 1. The molecule has 0 saturated heterocycles. The van der Waals surface area contributed by atoms with Gasteiger partial charge in [-0.15, -0.1) is 0 Å². The van der Waals surface area contributed by atoms with E-state index in [-0.39, 0.29) is 25.5 Å². The molecule has 1 atom stereocenters. The highest BCUT2D eigenvalue weighted by Gasteiger charge is 2.18. The van der Waals surface area contributed by atoms with Crippen LogP contribution >= 0.6 is 0 Å². The van der Waals surface area contributed by atoms with Crippen LogP contribution < -0.4 is 10.1 Å². The first kappa shape index (κ1) is 25.8. The lowest BCUT2D eigenvalue weighted by molar-refractivity contribution is -0.138. The van der Waals surface area contributed by atoms with Crippen molar-refractivity contribution >= 4 is 17.7 Å². The minimum atomic E-state index is -0.929. The third-order valence-corrected chi connectivity index (χ3v) is 4.51. The Balaban J connectivity index is 2.12. The fourth-order valence-electron chi connectivity index (χ4n) is 2.87. The molecule has 9 heteroatoms. The molecule has 0 fully saturated rings. The number of ether oxygens (including phenoxy) is 3. The lowest BCUT2D eigenvalue weighted by Gasteiger charge is -2.19. The number of carbonyl (C=O) groups is 2. The number of aliphatic hydroxyl groups excluding tert-OH is 1. The summed E-state index contributed by atoms with van der Waals surface area (Å²) in [7, 11) is 0. The lowest BCUT2D eigenvalue weighted by atomic mass is 10.0. The SMILES string of the molecule is CCOC(=O)/C(C)=C/CC[C@@H](OC(=O)Nc1ccc(F)cc1F)c1ccc(OCCO)cc1. The molecule has 0 aliphatic carbocycles. The summed E-state index contributed by atoms with van der Waals surface area (Å²) in [6.45, 7) is 3.62. The van der Waals surface area contributed by atoms with E-state index in [4.69, 9.17) is 19.3 Å². The maximum Gasteiger partial charge on any atom is 0.412 e. The summed E-state index contributed by atoms with van der Waals surface area (Å²) >= 11 is 0. The smallest absolute Gasteiger partial charge is 0.412 e. The van der Waals surface area contributed by atoms with Crippen molar-refractivity contribution in [2.45, 2.75) is 32.8 Å². The molecule has 0 spiro atoms. The molecular weight excluding hydrogens is 436 g/mol. The number of esters is 1. The zero-order valence-electron chi connectivity index (χ0n) is 18.5. The van der Waals surface area contributed by atoms with Crippen molar-refractivity contribution in [1.82, 2.24) is 0 Å². The van der Waals surface area contributed by atoms with E-state index in [1.165, 1.54) is 0 Å². The van der Waals surface area contributed by atoms with Crippen LogP contribution in [0.2, 0.25) is 0 Å². The van der Waals surface area contributed by atoms with E-state index in [0.29, 0.717) is 35.8 Å². The third-order valence-electron chi connectivity index (χ3n) is 4.51. The number of carbonyl (C=O) groups excluding carboxylic acids is 2. The molecule has 2 N–H and O–H groups in total. The van der Waals surface area contributed by atoms with Crippen LogP contribution in [0.5, 0.6) is 5.75 Å². The van der Waals surface area contributed by atoms with E-state index in [9.17, 15) is 18.4 Å². The summed E-state index contributed by atoms with van der Waals surface area (Å²) in [4.78, 5) is 24.2. The van der Waals surface area contributed by atoms with Crippen LogP contribution in [0.3, 0.4) is 0 Å². The quantitative estimate of drug-likeness (QED) is 0.363. The van der Waals surface area contributed by atoms with Crippen molar-refractivity contribution in [2.24, 2.45) is 0 Å². The maximum atomic E-state index is 13.9. The van der Waals surface area contributed by atoms with E-state index in [1.807, 2.05) is 0 Å². The normalized spacial score (nSPS) is 12.1. The van der Waals surface area contributed by atoms with E-state index in [2.05, 4.69) is 5.32 Å². The molecule has 0 bridgehead atoms. The number of rotatable bonds is 11. The van der Waals surface area contributed by atoms with Crippen molar-refractivity contribution in [3.8, 4) is 5.75 Å². The fourth-order valence-corrected chi connectivity index (χ4v) is 2.87. The molecule has 0 aliphatic rings. The van der Waals surface area contributed by atoms with E-state index in [1.54, 1.807) is 44.2 Å². The molecule has 2 rings (SSSR count). The van der Waals surface area contributed by atoms with Crippen molar-refractivity contribution < 1.29 is 37.7 Å². The average Bonchev–Trinajstić information content (AvgIpc) is 2.79. The van der Waals surface area contributed by atoms with E-state index in [0.717, 1.165) is 12.1 Å². The van der Waals surface area contributed by atoms with Gasteiger partial charge in [-0.05, 0) is 56.5 Å². The van der Waals surface area contributed by atoms with Gasteiger partial charge >= 0.3 is 12.1 Å². The lowest BCUT2D eigenvalue weighted by Crippen LogP contribution is -2.18. The molecule has 1 amide bonds. The molecular formula is C24H27F2NO6. The number of aliphatic hydroxyl groups is 1. The molecule has 0 saturated carbocycles. The summed E-state index contributed by atoms with van der Waals surface area (Å²) in [5.41, 5.74) is 0.857. The maximum absolute atomic E-state index is 13.9. The topological polar surface area (TPSA) is 94.1 Å². The standard InChI is InChI=1S/C24H27F2NO6/c1-3-31-23(29)16(2)5-4-6-22(17-7-10-19(11-8-17)32-14-13-28)33-24(30)27-21-12-9-18(25)15-20(21)26/h5,7-12,15,22,28H,3-4,6,13-14H2,1-2H3,(H,27,30)/b16-5+/t22-/m1/s1. The number of nitrogens with one attached hydrogen (secondary N) is 1. The number of hydrogen-bond acceptors (Lipinski definition) is 6. The molecule has 33 heavy (non-hydrogen) atoms. The zero-order chi connectivity index (χ0) is 24.2. The van der Waals surface area contributed by atoms with Crippen LogP contribution in [0.25, 0.3) is 0 Å². The largest absolute Gasteiger partial charge is 0.491 e. The summed E-state index contributed by atoms with van der Waals surface area (Å²) in [5.74, 6) is -1.59. The van der Waals surface area contributed by atoms with Crippen LogP contribution in [0.15, 0.2) is 54.1 Å². The van der Waals surface area contributed by atoms with Crippen molar-refractivity contribution in [1.29, 1.82) is 0 Å². The van der Waals surface area contributed by atoms with Crippen LogP contribution in [0.1, 0.15) is 38.4 Å². The third kappa shape index (κ3) is 8.53. The monoisotopic (exact) mass is 463 g/mol. The Morgan fingerprint density at radius 2 is 1.88 bits per heavy atom. The minimum absolute atomic E-state index is 0.125. The number of allylic oxidation sites excluding steroid dienone is 1. The van der Waals surface area contributed by atoms with Gasteiger partial charge in [0.1, 0.15) is 30.1 Å². The molecule has 2 aromatic carbocycles. The van der Waals surface area contributed by atoms with Gasteiger partial charge in [0, 0.05) is 11.6 Å². The highest BCUT2D eigenvalue weighted by atomic mass is 19.1. The van der Waals surface area contributed by atoms with Crippen molar-refractivity contribution in [3.63, 3.8) is 0 Å². The van der Waals surface area contributed by atoms with Gasteiger partial charge in [0.25, 0.3) is 0 Å². The second-order valence-electron chi connectivity index (χ2n) is 6.97. The highest BCUT2D eigenvalue weighted by Crippen LogP contribution is 2.27. The van der Waals surface area contributed by atoms with E-state index >= 15 is 0 Å². The van der Waals surface area contributed by atoms with Gasteiger partial charge in [0.05, 0.1) is 18.9 Å². The van der Waals surface area contributed by atoms with Crippen LogP contribution in [0.4, 0.5) is 19.3 Å². The molecule has 0 radical (unpaired) electrons. The van der Waals surface area contributed by atoms with Gasteiger partial charge in [-0.3, -0.25) is 5.32 Å². The van der Waals surface area contributed by atoms with Crippen molar-refractivity contribution in [3.05, 3.63) is 71.3 Å². The summed E-state index contributed by atoms with van der Waals surface area (Å²) in [5, 5.41) is 11.1. The molecule has 178 valence electrons. The second kappa shape index (κ2) is 13.2. The van der Waals surface area contributed by atoms with Gasteiger partial charge in [-0.25, -0.2) is 18.4 Å². The molecule has 7 nitrogen and oxygen atoms in total. The summed E-state index contributed by atoms with van der Waals surface area (Å²) < 4.78 is 42.7. The Morgan fingerprint density at radius 1 is 1.15 bits per heavy atom. The predicted octanol–water partition coefficient (Wildman–Crippen LogP) is 4.92. The van der Waals surface area contributed by atoms with Gasteiger partial charge < -0.3 is 19.3 Å². The Labute approximate surface area is 191 Å². The number of benzene rings is 2. The first-order valence-electron chi connectivity index (χ1n) is 10.4. The first-order valence-corrected chi connectivity index (χ1v) is 10.4. The number of hydrogen-bond donors (Lipinski definition) is 2. The fraction of sp³-hybridized carbons (Fsp3) is 0.333. The van der Waals surface area contributed by atoms with Crippen LogP contribution in [-0.2, 0) is 14.3 Å². The number of amides is 1.